The summed E-state index contributed by atoms with van der Waals surface area (Å²) >= 11 is 0. The number of likely N-dealkylation sites (tertiary alicyclic amines) is 1. The lowest BCUT2D eigenvalue weighted by Crippen LogP contribution is -2.27. The van der Waals surface area contributed by atoms with E-state index in [1.165, 1.54) is 0 Å². The van der Waals surface area contributed by atoms with Crippen molar-refractivity contribution in [3.63, 3.8) is 0 Å². The first-order chi connectivity index (χ1) is 12.0. The molecule has 3 nitrogen and oxygen atoms in total. The fraction of sp³-hybridized carbons (Fsp3) is 0.409. The molecule has 0 spiro atoms. The number of hydrogen-bond acceptors (Lipinski definition) is 2. The maximum Gasteiger partial charge on any atom is 0.246 e. The molecule has 2 heterocycles. The minimum Gasteiger partial charge on any atom is -0.483 e. The molecule has 2 aliphatic heterocycles. The maximum atomic E-state index is 12.2. The van der Waals surface area contributed by atoms with Gasteiger partial charge in [-0.3, -0.25) is 4.79 Å². The normalized spacial score (nSPS) is 19.2. The van der Waals surface area contributed by atoms with E-state index in [2.05, 4.69) is 51.1 Å². The number of carbonyl (C=O) groups is 1. The van der Waals surface area contributed by atoms with Crippen molar-refractivity contribution in [2.45, 2.75) is 45.6 Å². The minimum atomic E-state index is -0.252. The quantitative estimate of drug-likeness (QED) is 0.581. The maximum absolute atomic E-state index is 12.2. The molecule has 0 aliphatic carbocycles. The molecular weight excluding hydrogens is 310 g/mol. The van der Waals surface area contributed by atoms with Gasteiger partial charge in [0.25, 0.3) is 0 Å². The lowest BCUT2D eigenvalue weighted by molar-refractivity contribution is -0.124. The average Bonchev–Trinajstić information content (AvgIpc) is 3.12. The Bertz CT molecular complexity index is 734. The Kier molecular flexibility index (Phi) is 5.12. The van der Waals surface area contributed by atoms with Gasteiger partial charge >= 0.3 is 0 Å². The zero-order valence-electron chi connectivity index (χ0n) is 15.4. The van der Waals surface area contributed by atoms with Gasteiger partial charge < -0.3 is 9.64 Å². The SMILES string of the molecule is CCC(/C=C/C(=O)N1CCCC1)=C\c1ccc2c(c1)C=CC(C)(C)O2. The fourth-order valence-corrected chi connectivity index (χ4v) is 3.19. The van der Waals surface area contributed by atoms with E-state index in [-0.39, 0.29) is 11.5 Å². The van der Waals surface area contributed by atoms with Crippen molar-refractivity contribution in [3.05, 3.63) is 53.1 Å². The van der Waals surface area contributed by atoms with Crippen LogP contribution in [0.3, 0.4) is 0 Å². The summed E-state index contributed by atoms with van der Waals surface area (Å²) in [7, 11) is 0. The summed E-state index contributed by atoms with van der Waals surface area (Å²) in [6.07, 6.45) is 13.1. The summed E-state index contributed by atoms with van der Waals surface area (Å²) < 4.78 is 5.97. The average molecular weight is 337 g/mol. The van der Waals surface area contributed by atoms with E-state index >= 15 is 0 Å². The van der Waals surface area contributed by atoms with Crippen molar-refractivity contribution >= 4 is 18.1 Å². The van der Waals surface area contributed by atoms with E-state index in [1.54, 1.807) is 6.08 Å². The van der Waals surface area contributed by atoms with Gasteiger partial charge in [-0.2, -0.15) is 0 Å². The number of rotatable bonds is 4. The summed E-state index contributed by atoms with van der Waals surface area (Å²) in [6.45, 7) is 8.00. The highest BCUT2D eigenvalue weighted by Gasteiger charge is 2.21. The Morgan fingerprint density at radius 3 is 2.72 bits per heavy atom. The van der Waals surface area contributed by atoms with Crippen LogP contribution in [0.15, 0.2) is 42.0 Å². The number of amides is 1. The second-order valence-corrected chi connectivity index (χ2v) is 7.27. The molecule has 0 saturated carbocycles. The van der Waals surface area contributed by atoms with Gasteiger partial charge in [0.05, 0.1) is 0 Å². The topological polar surface area (TPSA) is 29.5 Å². The Labute approximate surface area is 150 Å². The van der Waals surface area contributed by atoms with Gasteiger partial charge in [0.2, 0.25) is 5.91 Å². The van der Waals surface area contributed by atoms with Gasteiger partial charge in [-0.1, -0.05) is 31.2 Å². The summed E-state index contributed by atoms with van der Waals surface area (Å²) in [6, 6.07) is 6.23. The number of hydrogen-bond donors (Lipinski definition) is 0. The minimum absolute atomic E-state index is 0.126. The van der Waals surface area contributed by atoms with Crippen LogP contribution >= 0.6 is 0 Å². The summed E-state index contributed by atoms with van der Waals surface area (Å²) in [5, 5.41) is 0. The van der Waals surface area contributed by atoms with Crippen LogP contribution in [0.4, 0.5) is 0 Å². The summed E-state index contributed by atoms with van der Waals surface area (Å²) in [5.41, 5.74) is 3.12. The van der Waals surface area contributed by atoms with E-state index in [1.807, 2.05) is 17.0 Å². The van der Waals surface area contributed by atoms with E-state index in [0.717, 1.165) is 54.8 Å². The first-order valence-electron chi connectivity index (χ1n) is 9.17. The lowest BCUT2D eigenvalue weighted by Gasteiger charge is -2.27. The Morgan fingerprint density at radius 1 is 1.24 bits per heavy atom. The Morgan fingerprint density at radius 2 is 2.00 bits per heavy atom. The van der Waals surface area contributed by atoms with Gasteiger partial charge in [0.1, 0.15) is 11.4 Å². The van der Waals surface area contributed by atoms with E-state index in [9.17, 15) is 4.79 Å². The molecule has 0 N–H and O–H groups in total. The molecule has 1 saturated heterocycles. The molecule has 25 heavy (non-hydrogen) atoms. The van der Waals surface area contributed by atoms with Crippen molar-refractivity contribution in [1.29, 1.82) is 0 Å². The monoisotopic (exact) mass is 337 g/mol. The van der Waals surface area contributed by atoms with Crippen molar-refractivity contribution in [2.75, 3.05) is 13.1 Å². The Hall–Kier alpha value is -2.29. The first kappa shape index (κ1) is 17.5. The molecule has 1 amide bonds. The second kappa shape index (κ2) is 7.30. The van der Waals surface area contributed by atoms with Gasteiger partial charge in [-0.05, 0) is 62.5 Å². The molecule has 3 rings (SSSR count). The summed E-state index contributed by atoms with van der Waals surface area (Å²) in [5.74, 6) is 1.04. The molecule has 0 aromatic heterocycles. The number of carbonyl (C=O) groups excluding carboxylic acids is 1. The van der Waals surface area contributed by atoms with Crippen LogP contribution in [0.1, 0.15) is 51.2 Å². The van der Waals surface area contributed by atoms with Gasteiger partial charge in [0, 0.05) is 24.7 Å². The van der Waals surface area contributed by atoms with E-state index in [4.69, 9.17) is 4.74 Å². The number of nitrogens with zero attached hydrogens (tertiary/aromatic N) is 1. The third-order valence-corrected chi connectivity index (χ3v) is 4.69. The van der Waals surface area contributed by atoms with Crippen LogP contribution in [0.5, 0.6) is 5.75 Å². The molecule has 132 valence electrons. The molecule has 0 atom stereocenters. The van der Waals surface area contributed by atoms with E-state index in [0.29, 0.717) is 0 Å². The molecule has 1 fully saturated rings. The number of ether oxygens (including phenoxy) is 1. The van der Waals surface area contributed by atoms with Crippen LogP contribution < -0.4 is 4.74 Å². The third-order valence-electron chi connectivity index (χ3n) is 4.69. The number of allylic oxidation sites excluding steroid dienone is 2. The smallest absolute Gasteiger partial charge is 0.246 e. The molecule has 0 bridgehead atoms. The van der Waals surface area contributed by atoms with Gasteiger partial charge in [-0.25, -0.2) is 0 Å². The Balaban J connectivity index is 1.75. The predicted octanol–water partition coefficient (Wildman–Crippen LogP) is 4.84. The van der Waals surface area contributed by atoms with Crippen LogP contribution in [0, 0.1) is 0 Å². The van der Waals surface area contributed by atoms with E-state index < -0.39 is 0 Å². The van der Waals surface area contributed by atoms with Crippen molar-refractivity contribution < 1.29 is 9.53 Å². The van der Waals surface area contributed by atoms with Crippen molar-refractivity contribution in [3.8, 4) is 5.75 Å². The molecule has 1 aromatic carbocycles. The van der Waals surface area contributed by atoms with Crippen LogP contribution in [-0.2, 0) is 4.79 Å². The number of fused-ring (bicyclic) bond motifs is 1. The third kappa shape index (κ3) is 4.41. The predicted molar refractivity (Wildman–Crippen MR) is 103 cm³/mol. The van der Waals surface area contributed by atoms with Crippen LogP contribution in [-0.4, -0.2) is 29.5 Å². The molecule has 0 radical (unpaired) electrons. The van der Waals surface area contributed by atoms with Gasteiger partial charge in [0.15, 0.2) is 0 Å². The molecule has 2 aliphatic rings. The molecule has 0 unspecified atom stereocenters. The van der Waals surface area contributed by atoms with Crippen molar-refractivity contribution in [2.24, 2.45) is 0 Å². The highest BCUT2D eigenvalue weighted by atomic mass is 16.5. The standard InChI is InChI=1S/C22H27NO2/c1-4-17(8-10-21(24)23-13-5-6-14-23)15-18-7-9-20-19(16-18)11-12-22(2,3)25-20/h7-12,15-16H,4-6,13-14H2,1-3H3/b10-8+,17-15+. The summed E-state index contributed by atoms with van der Waals surface area (Å²) in [4.78, 5) is 14.1. The second-order valence-electron chi connectivity index (χ2n) is 7.27. The number of benzene rings is 1. The van der Waals surface area contributed by atoms with Crippen LogP contribution in [0.25, 0.3) is 12.2 Å². The highest BCUT2D eigenvalue weighted by Crippen LogP contribution is 2.32. The lowest BCUT2D eigenvalue weighted by atomic mass is 9.99. The molecule has 1 aromatic rings. The van der Waals surface area contributed by atoms with Gasteiger partial charge in [-0.15, -0.1) is 0 Å². The fourth-order valence-electron chi connectivity index (χ4n) is 3.19. The molecular formula is C22H27NO2. The highest BCUT2D eigenvalue weighted by molar-refractivity contribution is 5.88. The first-order valence-corrected chi connectivity index (χ1v) is 9.17. The largest absolute Gasteiger partial charge is 0.483 e. The zero-order chi connectivity index (χ0) is 17.9. The van der Waals surface area contributed by atoms with Crippen molar-refractivity contribution in [1.82, 2.24) is 4.90 Å². The molecule has 3 heteroatoms. The zero-order valence-corrected chi connectivity index (χ0v) is 15.4. The van der Waals surface area contributed by atoms with Crippen LogP contribution in [0.2, 0.25) is 0 Å².